The number of carbonyl (C=O) groups is 2. The highest BCUT2D eigenvalue weighted by molar-refractivity contribution is 7.49. The van der Waals surface area contributed by atoms with Gasteiger partial charge in [0.25, 0.3) is 11.5 Å². The Morgan fingerprint density at radius 1 is 1.01 bits per heavy atom. The molecule has 6 heterocycles. The number of piperidine rings is 1. The minimum atomic E-state index is -4.52. The van der Waals surface area contributed by atoms with Crippen molar-refractivity contribution in [1.82, 2.24) is 29.1 Å². The molecular formula is C51H63ClN11O7P. The van der Waals surface area contributed by atoms with Crippen molar-refractivity contribution < 1.29 is 29.0 Å². The van der Waals surface area contributed by atoms with Crippen molar-refractivity contribution in [3.05, 3.63) is 117 Å². The molecule has 5 aromatic rings. The van der Waals surface area contributed by atoms with Crippen LogP contribution in [0.4, 0.5) is 34.4 Å². The predicted octanol–water partition coefficient (Wildman–Crippen LogP) is 6.54. The van der Waals surface area contributed by atoms with Gasteiger partial charge in [0.2, 0.25) is 5.91 Å². The zero-order valence-electron chi connectivity index (χ0n) is 41.1. The van der Waals surface area contributed by atoms with E-state index in [2.05, 4.69) is 67.3 Å². The van der Waals surface area contributed by atoms with Gasteiger partial charge in [0.15, 0.2) is 5.82 Å². The van der Waals surface area contributed by atoms with Crippen LogP contribution in [0.25, 0.3) is 11.3 Å². The molecule has 2 amide bonds. The number of hydrogen-bond donors (Lipinski definition) is 6. The van der Waals surface area contributed by atoms with Crippen molar-refractivity contribution in [2.75, 3.05) is 64.6 Å². The minimum Gasteiger partial charge on any atom is -0.392 e. The van der Waals surface area contributed by atoms with E-state index in [1.54, 1.807) is 56.4 Å². The van der Waals surface area contributed by atoms with E-state index in [9.17, 15) is 33.8 Å². The Hall–Kier alpha value is -5.85. The number of hydrogen-bond acceptors (Lipinski definition) is 11. The highest BCUT2D eigenvalue weighted by Gasteiger charge is 2.38. The lowest BCUT2D eigenvalue weighted by atomic mass is 9.90. The van der Waals surface area contributed by atoms with Gasteiger partial charge < -0.3 is 44.5 Å². The molecule has 0 radical (unpaired) electrons. The zero-order valence-corrected chi connectivity index (χ0v) is 42.7. The fourth-order valence-corrected chi connectivity index (χ4v) is 12.3. The quantitative estimate of drug-likeness (QED) is 0.0546. The summed E-state index contributed by atoms with van der Waals surface area (Å²) >= 11 is 6.53. The SMILES string of the molecule is C=CC(=O)Nc1cc(Nc2nc(-c3ccnc(N4CCn5c(cc6c5CC(C)(C)C6)C4=O)c3CO)cn(C)c2=O)ccc1N1CCN(C2CCN(c3ccc(Cl)c(C(C)(C)NP(=O)(O)O)c3)CC2)C[C@@H]1C. The molecule has 1 atom stereocenters. The minimum absolute atomic E-state index is 0.0237. The summed E-state index contributed by atoms with van der Waals surface area (Å²) in [6, 6.07) is 15.4. The summed E-state index contributed by atoms with van der Waals surface area (Å²) in [6.07, 6.45) is 8.09. The Balaban J connectivity index is 0.900. The van der Waals surface area contributed by atoms with Gasteiger partial charge >= 0.3 is 7.75 Å². The molecule has 2 aromatic carbocycles. The van der Waals surface area contributed by atoms with E-state index >= 15 is 0 Å². The molecule has 3 aromatic heterocycles. The van der Waals surface area contributed by atoms with E-state index in [1.807, 2.05) is 30.3 Å². The van der Waals surface area contributed by atoms with E-state index in [4.69, 9.17) is 16.6 Å². The summed E-state index contributed by atoms with van der Waals surface area (Å²) in [7, 11) is -2.89. The van der Waals surface area contributed by atoms with Crippen LogP contribution in [0.5, 0.6) is 0 Å². The van der Waals surface area contributed by atoms with Gasteiger partial charge in [0.1, 0.15) is 11.5 Å². The molecule has 1 aliphatic carbocycles. The molecule has 6 N–H and O–H groups in total. The summed E-state index contributed by atoms with van der Waals surface area (Å²) in [5, 5.41) is 19.9. The average Bonchev–Trinajstić information content (AvgIpc) is 3.81. The first-order valence-electron chi connectivity index (χ1n) is 24.1. The molecule has 4 aliphatic rings. The number of aryl methyl sites for hydroxylation is 1. The lowest BCUT2D eigenvalue weighted by molar-refractivity contribution is -0.111. The summed E-state index contributed by atoms with van der Waals surface area (Å²) in [6.45, 7) is 18.2. The summed E-state index contributed by atoms with van der Waals surface area (Å²) < 4.78 is 15.4. The maximum atomic E-state index is 14.1. The Bertz CT molecular complexity index is 3030. The van der Waals surface area contributed by atoms with Gasteiger partial charge in [0.05, 0.1) is 23.7 Å². The summed E-state index contributed by atoms with van der Waals surface area (Å²) in [5.41, 5.74) is 6.51. The Morgan fingerprint density at radius 3 is 2.48 bits per heavy atom. The maximum absolute atomic E-state index is 14.1. The lowest BCUT2D eigenvalue weighted by Crippen LogP contribution is -2.57. The normalized spacial score (nSPS) is 18.6. The fourth-order valence-electron chi connectivity index (χ4n) is 11.1. The van der Waals surface area contributed by atoms with Crippen LogP contribution in [0.15, 0.2) is 78.4 Å². The number of aliphatic hydroxyl groups is 1. The molecule has 71 heavy (non-hydrogen) atoms. The second kappa shape index (κ2) is 19.3. The monoisotopic (exact) mass is 1010 g/mol. The molecule has 0 bridgehead atoms. The number of benzene rings is 2. The van der Waals surface area contributed by atoms with E-state index in [-0.39, 0.29) is 29.1 Å². The molecule has 376 valence electrons. The van der Waals surface area contributed by atoms with E-state index in [1.165, 1.54) is 21.9 Å². The van der Waals surface area contributed by atoms with Gasteiger partial charge in [-0.05, 0) is 118 Å². The van der Waals surface area contributed by atoms with Crippen LogP contribution in [-0.4, -0.2) is 102 Å². The molecule has 0 unspecified atom stereocenters. The Morgan fingerprint density at radius 2 is 1.77 bits per heavy atom. The highest BCUT2D eigenvalue weighted by atomic mass is 35.5. The van der Waals surface area contributed by atoms with Gasteiger partial charge in [-0.2, -0.15) is 0 Å². The third kappa shape index (κ3) is 10.2. The second-order valence-corrected chi connectivity index (χ2v) is 22.3. The first-order chi connectivity index (χ1) is 33.6. The Kier molecular flexibility index (Phi) is 13.6. The first kappa shape index (κ1) is 50.1. The summed E-state index contributed by atoms with van der Waals surface area (Å²) in [4.78, 5) is 78.0. The second-order valence-electron chi connectivity index (χ2n) is 20.6. The number of nitrogens with one attached hydrogen (secondary N) is 3. The number of amides is 2. The number of rotatable bonds is 13. The van der Waals surface area contributed by atoms with Crippen molar-refractivity contribution >= 4 is 65.5 Å². The number of pyridine rings is 1. The van der Waals surface area contributed by atoms with Crippen LogP contribution in [0.1, 0.15) is 80.3 Å². The number of carbonyl (C=O) groups excluding carboxylic acids is 2. The van der Waals surface area contributed by atoms with Gasteiger partial charge in [-0.1, -0.05) is 32.0 Å². The van der Waals surface area contributed by atoms with E-state index in [0.29, 0.717) is 76.0 Å². The molecule has 20 heteroatoms. The maximum Gasteiger partial charge on any atom is 0.401 e. The van der Waals surface area contributed by atoms with Crippen LogP contribution < -0.4 is 36.0 Å². The molecule has 0 spiro atoms. The number of anilines is 6. The fraction of sp³-hybridized carbons (Fsp3) is 0.431. The van der Waals surface area contributed by atoms with Crippen LogP contribution >= 0.6 is 19.3 Å². The first-order valence-corrected chi connectivity index (χ1v) is 26.1. The number of fused-ring (bicyclic) bond motifs is 3. The molecule has 3 aliphatic heterocycles. The van der Waals surface area contributed by atoms with Gasteiger partial charge in [0, 0.05) is 116 Å². The Labute approximate surface area is 418 Å². The van der Waals surface area contributed by atoms with Gasteiger partial charge in [-0.15, -0.1) is 0 Å². The molecule has 9 rings (SSSR count). The van der Waals surface area contributed by atoms with E-state index in [0.717, 1.165) is 63.2 Å². The van der Waals surface area contributed by atoms with Crippen molar-refractivity contribution in [3.63, 3.8) is 0 Å². The van der Waals surface area contributed by atoms with Crippen LogP contribution in [-0.2, 0) is 47.9 Å². The third-order valence-electron chi connectivity index (χ3n) is 14.5. The van der Waals surface area contributed by atoms with Crippen molar-refractivity contribution in [2.24, 2.45) is 12.5 Å². The standard InChI is InChI=1S/C51H63ClN11O7P/c1-8-45(65)55-40-24-33(9-12-42(40)61-20-19-60(28-31(61)2)34-14-17-59(18-15-34)35-10-11-39(52)38(25-35)51(5,6)57-71(68,69)70)54-46-49(67)58(7)29-41(56-46)36-13-16-53-47(37(36)30-64)63-22-21-62-43(48(63)66)23-32-26-50(3,4)27-44(32)62/h8-13,16,23-25,29,31,34,64H,1,14-15,17-22,26-28,30H2,2-7H3,(H,54,56)(H,55,65)(H3,57,68,69,70)/t31-/m0/s1. The zero-order chi connectivity index (χ0) is 50.7. The number of halogens is 1. The number of nitrogens with zero attached hydrogens (tertiary/aromatic N) is 8. The van der Waals surface area contributed by atoms with E-state index < -0.39 is 25.5 Å². The molecule has 0 saturated carbocycles. The molecule has 2 saturated heterocycles. The van der Waals surface area contributed by atoms with Crippen LogP contribution in [0.2, 0.25) is 5.02 Å². The number of aromatic nitrogens is 4. The molecule has 2 fully saturated rings. The van der Waals surface area contributed by atoms with Crippen LogP contribution in [0, 0.1) is 5.41 Å². The topological polar surface area (TPSA) is 214 Å². The van der Waals surface area contributed by atoms with Crippen molar-refractivity contribution in [1.29, 1.82) is 0 Å². The third-order valence-corrected chi connectivity index (χ3v) is 15.7. The largest absolute Gasteiger partial charge is 0.401 e. The number of aliphatic hydroxyl groups excluding tert-OH is 1. The smallest absolute Gasteiger partial charge is 0.392 e. The van der Waals surface area contributed by atoms with Crippen molar-refractivity contribution in [3.8, 4) is 11.3 Å². The van der Waals surface area contributed by atoms with Gasteiger partial charge in [-0.25, -0.2) is 19.6 Å². The van der Waals surface area contributed by atoms with Crippen LogP contribution in [0.3, 0.4) is 0 Å². The number of piperazine rings is 1. The average molecular weight is 1010 g/mol. The lowest BCUT2D eigenvalue weighted by Gasteiger charge is -2.47. The highest BCUT2D eigenvalue weighted by Crippen LogP contribution is 2.42. The molecular weight excluding hydrogens is 945 g/mol. The van der Waals surface area contributed by atoms with Crippen molar-refractivity contribution in [2.45, 2.75) is 91.1 Å². The molecule has 18 nitrogen and oxygen atoms in total. The van der Waals surface area contributed by atoms with Gasteiger partial charge in [-0.3, -0.25) is 24.2 Å². The predicted molar refractivity (Wildman–Crippen MR) is 278 cm³/mol. The summed E-state index contributed by atoms with van der Waals surface area (Å²) in [5.74, 6) is -0.190.